The lowest BCUT2D eigenvalue weighted by Gasteiger charge is -2.48. The molecule has 11 heteroatoms. The number of amides is 3. The van der Waals surface area contributed by atoms with E-state index in [-0.39, 0.29) is 6.54 Å². The molecular weight excluding hydrogens is 543 g/mol. The Balaban J connectivity index is 1.59. The average Bonchev–Trinajstić information content (AvgIpc) is 3.33. The summed E-state index contributed by atoms with van der Waals surface area (Å²) in [6, 6.07) is 26.9. The Morgan fingerprint density at radius 2 is 1.59 bits per heavy atom. The van der Waals surface area contributed by atoms with Gasteiger partial charge < -0.3 is 18.9 Å². The van der Waals surface area contributed by atoms with E-state index in [9.17, 15) is 14.5 Å². The van der Waals surface area contributed by atoms with Crippen LogP contribution in [0.15, 0.2) is 84.9 Å². The van der Waals surface area contributed by atoms with Gasteiger partial charge in [0.1, 0.15) is 17.5 Å². The maximum Gasteiger partial charge on any atom is 0.326 e. The van der Waals surface area contributed by atoms with Crippen molar-refractivity contribution >= 4 is 20.5 Å². The minimum atomic E-state index is -2.09. The van der Waals surface area contributed by atoms with Gasteiger partial charge in [0.05, 0.1) is 31.4 Å². The van der Waals surface area contributed by atoms with E-state index in [1.807, 2.05) is 84.9 Å². The van der Waals surface area contributed by atoms with Crippen molar-refractivity contribution in [1.29, 1.82) is 0 Å². The van der Waals surface area contributed by atoms with Crippen LogP contribution in [-0.2, 0) is 19.6 Å². The highest BCUT2D eigenvalue weighted by Gasteiger charge is 2.52. The highest BCUT2D eigenvalue weighted by Crippen LogP contribution is 2.41. The average molecular weight is 579 g/mol. The number of benzene rings is 3. The highest BCUT2D eigenvalue weighted by molar-refractivity contribution is 7.43. The summed E-state index contributed by atoms with van der Waals surface area (Å²) < 4.78 is 16.9. The number of hydrogen-bond acceptors (Lipinski definition) is 8. The number of hydrogen-bond donors (Lipinski definition) is 4. The molecule has 0 aromatic heterocycles. The Morgan fingerprint density at radius 1 is 1.02 bits per heavy atom. The normalized spacial score (nSPS) is 25.6. The van der Waals surface area contributed by atoms with E-state index in [1.165, 1.54) is 4.90 Å². The van der Waals surface area contributed by atoms with Gasteiger partial charge in [-0.15, -0.1) is 0 Å². The number of nitrogens with one attached hydrogen (secondary N) is 2. The summed E-state index contributed by atoms with van der Waals surface area (Å²) in [7, 11) is -0.470. The van der Waals surface area contributed by atoms with Crippen LogP contribution in [0.5, 0.6) is 5.75 Å². The van der Waals surface area contributed by atoms with Gasteiger partial charge in [0.15, 0.2) is 0 Å². The van der Waals surface area contributed by atoms with Crippen molar-refractivity contribution in [3.05, 3.63) is 102 Å². The fourth-order valence-electron chi connectivity index (χ4n) is 5.72. The minimum Gasteiger partial charge on any atom is -0.497 e. The maximum atomic E-state index is 13.7. The third-order valence-corrected chi connectivity index (χ3v) is 8.28. The number of nitrogens with two attached hydrogens (primary N) is 1. The second-order valence-corrected chi connectivity index (χ2v) is 11.3. The number of nitrogens with zero attached hydrogens (tertiary/aromatic N) is 1. The van der Waals surface area contributed by atoms with E-state index in [4.69, 9.17) is 19.5 Å². The molecule has 0 radical (unpaired) electrons. The van der Waals surface area contributed by atoms with Crippen LogP contribution in [-0.4, -0.2) is 59.4 Å². The number of carbonyl (C=O) groups excluding carboxylic acids is 2. The van der Waals surface area contributed by atoms with Gasteiger partial charge in [-0.1, -0.05) is 72.8 Å². The maximum absolute atomic E-state index is 13.7. The van der Waals surface area contributed by atoms with E-state index >= 15 is 0 Å². The molecule has 0 aliphatic carbocycles. The van der Waals surface area contributed by atoms with Crippen LogP contribution in [0.1, 0.15) is 37.0 Å². The number of urea groups is 1. The third-order valence-electron chi connectivity index (χ3n) is 7.79. The molecule has 5 rings (SSSR count). The van der Waals surface area contributed by atoms with E-state index < -0.39 is 50.0 Å². The molecule has 2 unspecified atom stereocenters. The van der Waals surface area contributed by atoms with E-state index in [0.29, 0.717) is 12.2 Å². The monoisotopic (exact) mass is 578 g/mol. The van der Waals surface area contributed by atoms with Crippen molar-refractivity contribution in [1.82, 2.24) is 15.5 Å². The Morgan fingerprint density at radius 3 is 2.12 bits per heavy atom. The van der Waals surface area contributed by atoms with Crippen LogP contribution in [0, 0.1) is 0 Å². The zero-order valence-corrected chi connectivity index (χ0v) is 24.1. The Hall–Kier alpha value is -3.37. The van der Waals surface area contributed by atoms with Crippen molar-refractivity contribution in [3.8, 4) is 5.75 Å². The molecule has 3 amide bonds. The lowest BCUT2D eigenvalue weighted by atomic mass is 9.74. The number of ether oxygens (including phenoxy) is 2. The summed E-state index contributed by atoms with van der Waals surface area (Å²) in [5.41, 5.74) is 5.93. The Kier molecular flexibility index (Phi) is 8.42. The van der Waals surface area contributed by atoms with Crippen molar-refractivity contribution in [3.63, 3.8) is 0 Å². The van der Waals surface area contributed by atoms with Gasteiger partial charge in [-0.05, 0) is 42.7 Å². The standard InChI is InChI=1S/C30H35N4O6P/c1-20-25(40-41(31)37)18-26(39-20)34-19-29(2,27(35)32-28(34)36)33-30(21-10-6-4-7-11-21,22-12-8-5-9-13-22)23-14-16-24(38-3)17-15-23/h4-17,20,25-26,33,37H,18-19,31H2,1-3H3,(H,32,35,36)/t20-,25+,26-,29?,41?/m1/s1. The minimum absolute atomic E-state index is 0.0237. The number of carbonyl (C=O) groups is 2. The molecule has 2 aliphatic rings. The first-order valence-electron chi connectivity index (χ1n) is 13.4. The Bertz CT molecular complexity index is 1320. The number of methoxy groups -OCH3 is 1. The molecule has 0 bridgehead atoms. The molecule has 10 nitrogen and oxygen atoms in total. The zero-order valence-electron chi connectivity index (χ0n) is 23.2. The summed E-state index contributed by atoms with van der Waals surface area (Å²) in [5.74, 6) is 0.249. The lowest BCUT2D eigenvalue weighted by Crippen LogP contribution is -2.73. The van der Waals surface area contributed by atoms with Gasteiger partial charge in [-0.3, -0.25) is 25.8 Å². The first-order valence-corrected chi connectivity index (χ1v) is 14.7. The van der Waals surface area contributed by atoms with E-state index in [1.54, 1.807) is 21.0 Å². The van der Waals surface area contributed by atoms with Crippen LogP contribution in [0.25, 0.3) is 0 Å². The van der Waals surface area contributed by atoms with Crippen molar-refractivity contribution < 1.29 is 28.5 Å². The van der Waals surface area contributed by atoms with Crippen LogP contribution >= 0.6 is 8.53 Å². The van der Waals surface area contributed by atoms with Crippen molar-refractivity contribution in [2.45, 2.75) is 49.8 Å². The second kappa shape index (κ2) is 11.9. The van der Waals surface area contributed by atoms with E-state index in [0.717, 1.165) is 16.7 Å². The third kappa shape index (κ3) is 5.72. The number of rotatable bonds is 9. The largest absolute Gasteiger partial charge is 0.497 e. The summed E-state index contributed by atoms with van der Waals surface area (Å²) >= 11 is 0. The predicted molar refractivity (Wildman–Crippen MR) is 155 cm³/mol. The summed E-state index contributed by atoms with van der Waals surface area (Å²) in [5, 5.41) is 6.26. The summed E-state index contributed by atoms with van der Waals surface area (Å²) in [6.45, 7) is 3.61. The zero-order chi connectivity index (χ0) is 29.2. The molecule has 2 aliphatic heterocycles. The lowest BCUT2D eigenvalue weighted by molar-refractivity contribution is -0.132. The summed E-state index contributed by atoms with van der Waals surface area (Å²) in [4.78, 5) is 37.9. The van der Waals surface area contributed by atoms with Crippen LogP contribution in [0.3, 0.4) is 0 Å². The second-order valence-electron chi connectivity index (χ2n) is 10.5. The van der Waals surface area contributed by atoms with Crippen LogP contribution in [0.4, 0.5) is 4.79 Å². The van der Waals surface area contributed by atoms with Gasteiger partial charge in [0.25, 0.3) is 0 Å². The summed E-state index contributed by atoms with van der Waals surface area (Å²) in [6.07, 6.45) is -1.27. The van der Waals surface area contributed by atoms with E-state index in [2.05, 4.69) is 10.6 Å². The molecular formula is C30H35N4O6P. The predicted octanol–water partition coefficient (Wildman–Crippen LogP) is 3.59. The van der Waals surface area contributed by atoms with Gasteiger partial charge in [-0.2, -0.15) is 0 Å². The van der Waals surface area contributed by atoms with Gasteiger partial charge in [-0.25, -0.2) is 4.79 Å². The van der Waals surface area contributed by atoms with Crippen molar-refractivity contribution in [2.75, 3.05) is 13.7 Å². The molecule has 216 valence electrons. The molecule has 5 atom stereocenters. The smallest absolute Gasteiger partial charge is 0.326 e. The molecule has 0 saturated carbocycles. The van der Waals surface area contributed by atoms with Crippen LogP contribution in [0.2, 0.25) is 0 Å². The molecule has 3 aromatic rings. The topological polar surface area (TPSA) is 135 Å². The molecule has 5 N–H and O–H groups in total. The van der Waals surface area contributed by atoms with Crippen LogP contribution < -0.4 is 20.9 Å². The van der Waals surface area contributed by atoms with Gasteiger partial charge in [0.2, 0.25) is 14.4 Å². The first-order chi connectivity index (χ1) is 19.7. The molecule has 2 fully saturated rings. The molecule has 41 heavy (non-hydrogen) atoms. The quantitative estimate of drug-likeness (QED) is 0.224. The fourth-order valence-corrected chi connectivity index (χ4v) is 6.25. The Labute approximate surface area is 240 Å². The van der Waals surface area contributed by atoms with Gasteiger partial charge in [0, 0.05) is 6.42 Å². The fraction of sp³-hybridized carbons (Fsp3) is 0.333. The van der Waals surface area contributed by atoms with Crippen molar-refractivity contribution in [2.24, 2.45) is 5.50 Å². The van der Waals surface area contributed by atoms with Gasteiger partial charge >= 0.3 is 6.03 Å². The first kappa shape index (κ1) is 29.1. The number of imide groups is 1. The molecule has 3 aromatic carbocycles. The molecule has 0 spiro atoms. The SMILES string of the molecule is COc1ccc(C(NC2(C)CN([C@H]3C[C@H](OP(N)O)[C@@H](C)O3)C(=O)NC2=O)(c2ccccc2)c2ccccc2)cc1. The molecule has 2 heterocycles. The molecule has 2 saturated heterocycles. The highest BCUT2D eigenvalue weighted by atomic mass is 31.2.